The van der Waals surface area contributed by atoms with Crippen molar-refractivity contribution in [2.24, 2.45) is 0 Å². The summed E-state index contributed by atoms with van der Waals surface area (Å²) in [5.74, 6) is 0.342. The van der Waals surface area contributed by atoms with E-state index in [2.05, 4.69) is 10.2 Å². The molecule has 0 aliphatic rings. The molecule has 12 heavy (non-hydrogen) atoms. The standard InChI is InChI=1S/C8H10N2O2/c1-5-4-7(12-3)8(6(2)11)10-9-5/h4H,1-3H3. The number of ketones is 1. The van der Waals surface area contributed by atoms with E-state index in [1.165, 1.54) is 14.0 Å². The largest absolute Gasteiger partial charge is 0.494 e. The van der Waals surface area contributed by atoms with Gasteiger partial charge in [0.25, 0.3) is 0 Å². The minimum atomic E-state index is -0.139. The number of nitrogens with zero attached hydrogens (tertiary/aromatic N) is 2. The monoisotopic (exact) mass is 166 g/mol. The average Bonchev–Trinajstić information content (AvgIpc) is 2.03. The van der Waals surface area contributed by atoms with Gasteiger partial charge in [-0.05, 0) is 6.92 Å². The number of hydrogen-bond donors (Lipinski definition) is 0. The molecule has 0 bridgehead atoms. The predicted octanol–water partition coefficient (Wildman–Crippen LogP) is 0.996. The number of methoxy groups -OCH3 is 1. The van der Waals surface area contributed by atoms with Crippen LogP contribution in [0, 0.1) is 6.92 Å². The second kappa shape index (κ2) is 3.30. The smallest absolute Gasteiger partial charge is 0.183 e. The molecule has 64 valence electrons. The third-order valence-corrected chi connectivity index (χ3v) is 1.43. The molecule has 0 fully saturated rings. The number of carbonyl (C=O) groups is 1. The minimum absolute atomic E-state index is 0.139. The van der Waals surface area contributed by atoms with Crippen molar-refractivity contribution in [1.29, 1.82) is 0 Å². The molecule has 0 saturated carbocycles. The first-order valence-corrected chi connectivity index (χ1v) is 3.54. The van der Waals surface area contributed by atoms with Crippen LogP contribution >= 0.6 is 0 Å². The number of aromatic nitrogens is 2. The van der Waals surface area contributed by atoms with Gasteiger partial charge in [-0.25, -0.2) is 0 Å². The van der Waals surface area contributed by atoms with E-state index in [0.717, 1.165) is 5.69 Å². The van der Waals surface area contributed by atoms with Gasteiger partial charge in [0, 0.05) is 13.0 Å². The molecule has 0 N–H and O–H groups in total. The Morgan fingerprint density at radius 3 is 2.67 bits per heavy atom. The summed E-state index contributed by atoms with van der Waals surface area (Å²) in [7, 11) is 1.50. The maximum Gasteiger partial charge on any atom is 0.183 e. The van der Waals surface area contributed by atoms with Crippen LogP contribution in [0.3, 0.4) is 0 Å². The number of rotatable bonds is 2. The van der Waals surface area contributed by atoms with Gasteiger partial charge in [0.15, 0.2) is 17.2 Å². The van der Waals surface area contributed by atoms with Crippen molar-refractivity contribution in [3.05, 3.63) is 17.5 Å². The van der Waals surface area contributed by atoms with Gasteiger partial charge in [-0.2, -0.15) is 5.10 Å². The van der Waals surface area contributed by atoms with Crippen LogP contribution in [0.4, 0.5) is 0 Å². The average molecular weight is 166 g/mol. The topological polar surface area (TPSA) is 52.1 Å². The molecule has 1 heterocycles. The van der Waals surface area contributed by atoms with Crippen LogP contribution in [-0.4, -0.2) is 23.1 Å². The lowest BCUT2D eigenvalue weighted by Crippen LogP contribution is -2.03. The maximum atomic E-state index is 11.0. The number of Topliss-reactive ketones (excluding diaryl/α,β-unsaturated/α-hetero) is 1. The van der Waals surface area contributed by atoms with Crippen molar-refractivity contribution in [2.45, 2.75) is 13.8 Å². The van der Waals surface area contributed by atoms with Crippen LogP contribution in [-0.2, 0) is 0 Å². The van der Waals surface area contributed by atoms with E-state index in [9.17, 15) is 4.79 Å². The third kappa shape index (κ3) is 1.58. The summed E-state index contributed by atoms with van der Waals surface area (Å²) in [4.78, 5) is 11.0. The minimum Gasteiger partial charge on any atom is -0.494 e. The fourth-order valence-electron chi connectivity index (χ4n) is 0.865. The van der Waals surface area contributed by atoms with Crippen molar-refractivity contribution >= 4 is 5.78 Å². The second-order valence-electron chi connectivity index (χ2n) is 2.46. The van der Waals surface area contributed by atoms with Gasteiger partial charge >= 0.3 is 0 Å². The van der Waals surface area contributed by atoms with E-state index in [-0.39, 0.29) is 11.5 Å². The van der Waals surface area contributed by atoms with E-state index in [1.54, 1.807) is 13.0 Å². The van der Waals surface area contributed by atoms with Crippen LogP contribution < -0.4 is 4.74 Å². The molecule has 1 aromatic rings. The Kier molecular flexibility index (Phi) is 2.38. The van der Waals surface area contributed by atoms with Crippen molar-refractivity contribution in [3.63, 3.8) is 0 Å². The summed E-state index contributed by atoms with van der Waals surface area (Å²) in [5.41, 5.74) is 1.01. The van der Waals surface area contributed by atoms with E-state index in [0.29, 0.717) is 5.75 Å². The van der Waals surface area contributed by atoms with Crippen LogP contribution in [0.1, 0.15) is 23.1 Å². The van der Waals surface area contributed by atoms with E-state index in [4.69, 9.17) is 4.74 Å². The fraction of sp³-hybridized carbons (Fsp3) is 0.375. The maximum absolute atomic E-state index is 11.0. The van der Waals surface area contributed by atoms with Crippen LogP contribution in [0.25, 0.3) is 0 Å². The summed E-state index contributed by atoms with van der Waals surface area (Å²) in [6.07, 6.45) is 0. The van der Waals surface area contributed by atoms with E-state index in [1.807, 2.05) is 0 Å². The van der Waals surface area contributed by atoms with Gasteiger partial charge < -0.3 is 4.74 Å². The zero-order valence-electron chi connectivity index (χ0n) is 7.29. The van der Waals surface area contributed by atoms with Crippen LogP contribution in [0.5, 0.6) is 5.75 Å². The van der Waals surface area contributed by atoms with Gasteiger partial charge in [0.1, 0.15) is 0 Å². The Labute approximate surface area is 70.6 Å². The molecule has 1 aromatic heterocycles. The molecule has 0 spiro atoms. The summed E-state index contributed by atoms with van der Waals surface area (Å²) >= 11 is 0. The lowest BCUT2D eigenvalue weighted by atomic mass is 10.2. The highest BCUT2D eigenvalue weighted by atomic mass is 16.5. The lowest BCUT2D eigenvalue weighted by Gasteiger charge is -2.03. The number of aryl methyl sites for hydroxylation is 1. The van der Waals surface area contributed by atoms with Gasteiger partial charge in [-0.15, -0.1) is 5.10 Å². The lowest BCUT2D eigenvalue weighted by molar-refractivity contribution is 0.100. The molecule has 1 rings (SSSR count). The Balaban J connectivity index is 3.20. The van der Waals surface area contributed by atoms with Crippen molar-refractivity contribution in [3.8, 4) is 5.75 Å². The summed E-state index contributed by atoms with van der Waals surface area (Å²) in [5, 5.41) is 7.48. The highest BCUT2D eigenvalue weighted by Gasteiger charge is 2.09. The number of hydrogen-bond acceptors (Lipinski definition) is 4. The first-order chi connectivity index (χ1) is 5.65. The normalized spacial score (nSPS) is 9.58. The first kappa shape index (κ1) is 8.64. The zero-order chi connectivity index (χ0) is 9.14. The second-order valence-corrected chi connectivity index (χ2v) is 2.46. The number of ether oxygens (including phenoxy) is 1. The van der Waals surface area contributed by atoms with E-state index < -0.39 is 0 Å². The van der Waals surface area contributed by atoms with Crippen molar-refractivity contribution in [1.82, 2.24) is 10.2 Å². The Morgan fingerprint density at radius 2 is 2.17 bits per heavy atom. The molecular formula is C8H10N2O2. The van der Waals surface area contributed by atoms with Crippen molar-refractivity contribution in [2.75, 3.05) is 7.11 Å². The third-order valence-electron chi connectivity index (χ3n) is 1.43. The first-order valence-electron chi connectivity index (χ1n) is 3.54. The molecule has 0 saturated heterocycles. The highest BCUT2D eigenvalue weighted by molar-refractivity contribution is 5.94. The van der Waals surface area contributed by atoms with Crippen molar-refractivity contribution < 1.29 is 9.53 Å². The summed E-state index contributed by atoms with van der Waals surface area (Å²) < 4.78 is 4.96. The Morgan fingerprint density at radius 1 is 1.50 bits per heavy atom. The molecule has 0 aliphatic carbocycles. The Hall–Kier alpha value is -1.45. The van der Waals surface area contributed by atoms with Gasteiger partial charge in [0.05, 0.1) is 12.8 Å². The summed E-state index contributed by atoms with van der Waals surface area (Å²) in [6, 6.07) is 1.68. The SMILES string of the molecule is COc1cc(C)nnc1C(C)=O. The zero-order valence-corrected chi connectivity index (χ0v) is 7.29. The molecule has 0 aromatic carbocycles. The molecule has 0 amide bonds. The Bertz CT molecular complexity index is 310. The van der Waals surface area contributed by atoms with Crippen LogP contribution in [0.2, 0.25) is 0 Å². The highest BCUT2D eigenvalue weighted by Crippen LogP contribution is 2.15. The molecular weight excluding hydrogens is 156 g/mol. The molecule has 4 heteroatoms. The van der Waals surface area contributed by atoms with Gasteiger partial charge in [-0.1, -0.05) is 0 Å². The molecule has 0 unspecified atom stereocenters. The molecule has 0 radical (unpaired) electrons. The van der Waals surface area contributed by atoms with Crippen LogP contribution in [0.15, 0.2) is 6.07 Å². The molecule has 0 aliphatic heterocycles. The summed E-state index contributed by atoms with van der Waals surface area (Å²) in [6.45, 7) is 3.22. The van der Waals surface area contributed by atoms with Gasteiger partial charge in [0.2, 0.25) is 0 Å². The van der Waals surface area contributed by atoms with E-state index >= 15 is 0 Å². The predicted molar refractivity (Wildman–Crippen MR) is 43.3 cm³/mol. The number of carbonyl (C=O) groups excluding carboxylic acids is 1. The fourth-order valence-corrected chi connectivity index (χ4v) is 0.865. The van der Waals surface area contributed by atoms with Gasteiger partial charge in [-0.3, -0.25) is 4.79 Å². The quantitative estimate of drug-likeness (QED) is 0.615. The molecule has 0 atom stereocenters. The molecule has 4 nitrogen and oxygen atoms in total.